The fraction of sp³-hybridized carbons (Fsp3) is 0.462. The number of nitrogens with zero attached hydrogens (tertiary/aromatic N) is 2. The molecule has 1 saturated heterocycles. The van der Waals surface area contributed by atoms with E-state index in [1.165, 1.54) is 24.0 Å². The van der Waals surface area contributed by atoms with Crippen LogP contribution in [0.25, 0.3) is 0 Å². The molecule has 0 spiro atoms. The minimum Gasteiger partial charge on any atom is -0.342 e. The Morgan fingerprint density at radius 1 is 1.05 bits per heavy atom. The number of sulfonamides is 1. The van der Waals surface area contributed by atoms with Gasteiger partial charge in [0.25, 0.3) is 0 Å². The first-order chi connectivity index (χ1) is 18.1. The van der Waals surface area contributed by atoms with Crippen molar-refractivity contribution in [3.05, 3.63) is 63.7 Å². The van der Waals surface area contributed by atoms with E-state index in [4.69, 9.17) is 11.6 Å². The van der Waals surface area contributed by atoms with Gasteiger partial charge in [0.2, 0.25) is 15.9 Å². The van der Waals surface area contributed by atoms with Gasteiger partial charge in [0, 0.05) is 42.9 Å². The number of benzene rings is 2. The molecule has 13 heteroatoms. The number of aryl methyl sites for hydroxylation is 1. The Balaban J connectivity index is 1.57. The molecule has 0 bridgehead atoms. The molecule has 1 unspecified atom stereocenters. The molecule has 2 fully saturated rings. The summed E-state index contributed by atoms with van der Waals surface area (Å²) in [5.74, 6) is -4.35. The molecule has 1 saturated carbocycles. The highest BCUT2D eigenvalue weighted by Crippen LogP contribution is 2.44. The van der Waals surface area contributed by atoms with Gasteiger partial charge in [-0.25, -0.2) is 17.2 Å². The van der Waals surface area contributed by atoms with Gasteiger partial charge >= 0.3 is 6.30 Å². The third-order valence-corrected chi connectivity index (χ3v) is 8.87. The molecular weight excluding hydrogens is 567 g/mol. The number of hydrogen-bond donors (Lipinski definition) is 0. The molecule has 2 aromatic carbocycles. The van der Waals surface area contributed by atoms with Crippen LogP contribution in [0.3, 0.4) is 0 Å². The van der Waals surface area contributed by atoms with Crippen LogP contribution in [-0.4, -0.2) is 50.7 Å². The van der Waals surface area contributed by atoms with E-state index in [1.54, 1.807) is 0 Å². The fourth-order valence-corrected chi connectivity index (χ4v) is 6.64. The van der Waals surface area contributed by atoms with Gasteiger partial charge in [0.05, 0.1) is 17.9 Å². The smallest absolute Gasteiger partial charge is 0.342 e. The number of likely N-dealkylation sites (tertiary alicyclic amines) is 1. The van der Waals surface area contributed by atoms with Crippen molar-refractivity contribution in [2.75, 3.05) is 23.7 Å². The maximum Gasteiger partial charge on any atom is 0.498 e. The number of carbonyl (C=O) groups is 2. The number of alkyl halides is 3. The van der Waals surface area contributed by atoms with Crippen LogP contribution in [0, 0.1) is 24.5 Å². The van der Waals surface area contributed by atoms with Crippen molar-refractivity contribution in [3.8, 4) is 0 Å². The minimum absolute atomic E-state index is 0.0561. The SMILES string of the molecule is Cc1cc(N(C(F)(F)F)S(C)(=O)=O)c(C2CCN(C(=O)C3CC(=O)C[C@H]3c3ccc(F)cc3F)CC2)cc1Cl. The number of carbonyl (C=O) groups excluding carboxylic acids is 2. The van der Waals surface area contributed by atoms with Crippen LogP contribution < -0.4 is 4.31 Å². The molecule has 6 nitrogen and oxygen atoms in total. The number of Topliss-reactive ketones (excluding diaryl/α,β-unsaturated/α-hetero) is 1. The van der Waals surface area contributed by atoms with Crippen LogP contribution >= 0.6 is 11.6 Å². The molecule has 1 amide bonds. The molecule has 39 heavy (non-hydrogen) atoms. The van der Waals surface area contributed by atoms with Crippen molar-refractivity contribution in [3.63, 3.8) is 0 Å². The molecule has 1 aliphatic heterocycles. The van der Waals surface area contributed by atoms with Crippen molar-refractivity contribution in [2.45, 2.75) is 50.7 Å². The monoisotopic (exact) mass is 592 g/mol. The normalized spacial score (nSPS) is 20.9. The maximum absolute atomic E-state index is 14.5. The molecule has 1 heterocycles. The molecule has 0 aromatic heterocycles. The Morgan fingerprint density at radius 3 is 2.26 bits per heavy atom. The van der Waals surface area contributed by atoms with Crippen LogP contribution in [0.1, 0.15) is 54.2 Å². The number of amides is 1. The number of piperidine rings is 1. The van der Waals surface area contributed by atoms with Gasteiger partial charge in [-0.1, -0.05) is 17.7 Å². The Labute approximate surface area is 227 Å². The molecule has 0 radical (unpaired) electrons. The van der Waals surface area contributed by atoms with Gasteiger partial charge in [-0.3, -0.25) is 9.59 Å². The summed E-state index contributed by atoms with van der Waals surface area (Å²) in [4.78, 5) is 27.1. The third-order valence-electron chi connectivity index (χ3n) is 7.40. The largest absolute Gasteiger partial charge is 0.498 e. The summed E-state index contributed by atoms with van der Waals surface area (Å²) >= 11 is 6.21. The van der Waals surface area contributed by atoms with Gasteiger partial charge < -0.3 is 4.90 Å². The lowest BCUT2D eigenvalue weighted by molar-refractivity contribution is -0.137. The second-order valence-corrected chi connectivity index (χ2v) is 12.3. The summed E-state index contributed by atoms with van der Waals surface area (Å²) in [5.41, 5.74) is -0.0824. The lowest BCUT2D eigenvalue weighted by Gasteiger charge is -2.36. The van der Waals surface area contributed by atoms with Gasteiger partial charge in [0.15, 0.2) is 0 Å². The molecule has 4 rings (SSSR count). The van der Waals surface area contributed by atoms with Gasteiger partial charge in [-0.05, 0) is 60.6 Å². The molecule has 0 N–H and O–H groups in total. The van der Waals surface area contributed by atoms with Crippen LogP contribution in [-0.2, 0) is 19.6 Å². The first kappa shape index (κ1) is 29.3. The average Bonchev–Trinajstić information content (AvgIpc) is 3.20. The first-order valence-corrected chi connectivity index (χ1v) is 14.4. The highest BCUT2D eigenvalue weighted by atomic mass is 35.5. The fourth-order valence-electron chi connectivity index (χ4n) is 5.58. The third kappa shape index (κ3) is 6.06. The van der Waals surface area contributed by atoms with Crippen LogP contribution in [0.2, 0.25) is 5.02 Å². The van der Waals surface area contributed by atoms with E-state index >= 15 is 0 Å². The predicted molar refractivity (Wildman–Crippen MR) is 135 cm³/mol. The summed E-state index contributed by atoms with van der Waals surface area (Å²) < 4.78 is 93.2. The summed E-state index contributed by atoms with van der Waals surface area (Å²) in [5, 5.41) is 0.177. The zero-order valence-corrected chi connectivity index (χ0v) is 22.6. The van der Waals surface area contributed by atoms with Crippen molar-refractivity contribution in [1.82, 2.24) is 4.90 Å². The Kier molecular flexibility index (Phi) is 8.01. The first-order valence-electron chi connectivity index (χ1n) is 12.2. The lowest BCUT2D eigenvalue weighted by atomic mass is 9.85. The van der Waals surface area contributed by atoms with E-state index in [2.05, 4.69) is 0 Å². The topological polar surface area (TPSA) is 74.8 Å². The van der Waals surface area contributed by atoms with E-state index in [9.17, 15) is 40.0 Å². The number of anilines is 1. The van der Waals surface area contributed by atoms with Crippen LogP contribution in [0.15, 0.2) is 30.3 Å². The zero-order chi connectivity index (χ0) is 28.9. The highest BCUT2D eigenvalue weighted by Gasteiger charge is 2.46. The lowest BCUT2D eigenvalue weighted by Crippen LogP contribution is -2.44. The summed E-state index contributed by atoms with van der Waals surface area (Å²) in [6.45, 7) is 1.72. The summed E-state index contributed by atoms with van der Waals surface area (Å²) in [7, 11) is -4.73. The van der Waals surface area contributed by atoms with Crippen molar-refractivity contribution in [1.29, 1.82) is 0 Å². The molecule has 212 valence electrons. The van der Waals surface area contributed by atoms with Gasteiger partial charge in [-0.15, -0.1) is 13.2 Å². The Bertz CT molecular complexity index is 1410. The minimum atomic E-state index is -5.21. The van der Waals surface area contributed by atoms with Crippen molar-refractivity contribution in [2.24, 2.45) is 5.92 Å². The number of halogens is 6. The summed E-state index contributed by atoms with van der Waals surface area (Å²) in [6, 6.07) is 5.43. The van der Waals surface area contributed by atoms with Gasteiger partial charge in [0.1, 0.15) is 17.4 Å². The number of ketones is 1. The number of hydrogen-bond acceptors (Lipinski definition) is 4. The van der Waals surface area contributed by atoms with Crippen LogP contribution in [0.4, 0.5) is 27.6 Å². The Morgan fingerprint density at radius 2 is 1.69 bits per heavy atom. The highest BCUT2D eigenvalue weighted by molar-refractivity contribution is 7.92. The molecular formula is C26H26ClF5N2O4S. The van der Waals surface area contributed by atoms with E-state index in [1.807, 2.05) is 0 Å². The van der Waals surface area contributed by atoms with Crippen molar-refractivity contribution < 1.29 is 40.0 Å². The quantitative estimate of drug-likeness (QED) is 0.331. The molecule has 2 aliphatic rings. The second kappa shape index (κ2) is 10.7. The summed E-state index contributed by atoms with van der Waals surface area (Å²) in [6.07, 6.45) is -4.46. The van der Waals surface area contributed by atoms with E-state index < -0.39 is 55.7 Å². The Hall–Kier alpha value is -2.73. The number of rotatable bonds is 5. The molecule has 2 atom stereocenters. The van der Waals surface area contributed by atoms with Gasteiger partial charge in [-0.2, -0.15) is 4.31 Å². The van der Waals surface area contributed by atoms with E-state index in [0.29, 0.717) is 12.3 Å². The standard InChI is InChI=1S/C26H26ClF5N2O4S/c1-14-9-24(34(26(30,31)32)39(2,37)38)19(13-22(14)27)15-5-7-33(8-6-15)25(36)21-12-17(35)11-20(21)18-4-3-16(28)10-23(18)29/h3-4,9-10,13,15,20-21H,5-8,11-12H2,1-2H3/t20-,21?/m0/s1. The van der Waals surface area contributed by atoms with Crippen LogP contribution in [0.5, 0.6) is 0 Å². The maximum atomic E-state index is 14.5. The zero-order valence-electron chi connectivity index (χ0n) is 21.1. The molecule has 2 aromatic rings. The second-order valence-electron chi connectivity index (χ2n) is 10.1. The van der Waals surface area contributed by atoms with E-state index in [-0.39, 0.29) is 72.2 Å². The van der Waals surface area contributed by atoms with Crippen molar-refractivity contribution >= 4 is 39.0 Å². The average molecular weight is 593 g/mol. The van der Waals surface area contributed by atoms with E-state index in [0.717, 1.165) is 12.1 Å². The predicted octanol–water partition coefficient (Wildman–Crippen LogP) is 5.68. The molecule has 1 aliphatic carbocycles.